The Balaban J connectivity index is 1.83. The molecule has 20 heavy (non-hydrogen) atoms. The molecule has 2 aromatic rings. The van der Waals surface area contributed by atoms with Gasteiger partial charge in [-0.2, -0.15) is 0 Å². The minimum absolute atomic E-state index is 0.139. The molecular formula is C16H17NO3. The van der Waals surface area contributed by atoms with E-state index in [-0.39, 0.29) is 24.6 Å². The summed E-state index contributed by atoms with van der Waals surface area (Å²) in [5, 5.41) is 21.9. The number of aliphatic hydroxyl groups is 1. The second-order valence-corrected chi connectivity index (χ2v) is 4.58. The summed E-state index contributed by atoms with van der Waals surface area (Å²) in [6.07, 6.45) is -0.542. The van der Waals surface area contributed by atoms with Crippen LogP contribution in [0.1, 0.15) is 17.2 Å². The topological polar surface area (TPSA) is 69.6 Å². The maximum Gasteiger partial charge on any atom is 0.224 e. The molecule has 0 spiro atoms. The van der Waals surface area contributed by atoms with Gasteiger partial charge in [0, 0.05) is 6.54 Å². The third-order valence-corrected chi connectivity index (χ3v) is 2.95. The van der Waals surface area contributed by atoms with E-state index in [1.807, 2.05) is 30.3 Å². The van der Waals surface area contributed by atoms with E-state index in [0.717, 1.165) is 11.1 Å². The number of benzene rings is 2. The third kappa shape index (κ3) is 4.10. The van der Waals surface area contributed by atoms with Crippen LogP contribution >= 0.6 is 0 Å². The predicted molar refractivity (Wildman–Crippen MR) is 76.2 cm³/mol. The highest BCUT2D eigenvalue weighted by molar-refractivity contribution is 5.78. The molecule has 1 atom stereocenters. The summed E-state index contributed by atoms with van der Waals surface area (Å²) in [6.45, 7) is 0.168. The van der Waals surface area contributed by atoms with Crippen LogP contribution in [0.15, 0.2) is 54.6 Å². The van der Waals surface area contributed by atoms with Gasteiger partial charge in [0.25, 0.3) is 0 Å². The van der Waals surface area contributed by atoms with Gasteiger partial charge in [-0.15, -0.1) is 0 Å². The van der Waals surface area contributed by atoms with Crippen LogP contribution in [0.3, 0.4) is 0 Å². The molecule has 0 aliphatic heterocycles. The fourth-order valence-corrected chi connectivity index (χ4v) is 1.92. The molecule has 1 unspecified atom stereocenters. The van der Waals surface area contributed by atoms with E-state index in [1.54, 1.807) is 24.3 Å². The second-order valence-electron chi connectivity index (χ2n) is 4.58. The SMILES string of the molecule is O=C(Cc1cccc(O)c1)NCC(O)c1ccccc1. The molecule has 0 saturated carbocycles. The molecule has 0 aromatic heterocycles. The van der Waals surface area contributed by atoms with Crippen molar-refractivity contribution in [1.82, 2.24) is 5.32 Å². The van der Waals surface area contributed by atoms with Crippen LogP contribution in [-0.2, 0) is 11.2 Å². The second kappa shape index (κ2) is 6.73. The number of carbonyl (C=O) groups excluding carboxylic acids is 1. The standard InChI is InChI=1S/C16H17NO3/c18-14-8-4-5-12(9-14)10-16(20)17-11-15(19)13-6-2-1-3-7-13/h1-9,15,18-19H,10-11H2,(H,17,20). The average molecular weight is 271 g/mol. The van der Waals surface area contributed by atoms with Crippen LogP contribution < -0.4 is 5.32 Å². The summed E-state index contributed by atoms with van der Waals surface area (Å²) < 4.78 is 0. The summed E-state index contributed by atoms with van der Waals surface area (Å²) in [5.74, 6) is -0.0507. The fraction of sp³-hybridized carbons (Fsp3) is 0.188. The number of hydrogen-bond donors (Lipinski definition) is 3. The van der Waals surface area contributed by atoms with Crippen LogP contribution in [0.4, 0.5) is 0 Å². The highest BCUT2D eigenvalue weighted by Crippen LogP contribution is 2.12. The first-order chi connectivity index (χ1) is 9.65. The van der Waals surface area contributed by atoms with Crippen molar-refractivity contribution < 1.29 is 15.0 Å². The number of phenols is 1. The summed E-state index contributed by atoms with van der Waals surface area (Å²) >= 11 is 0. The monoisotopic (exact) mass is 271 g/mol. The molecule has 104 valence electrons. The molecule has 1 amide bonds. The Morgan fingerprint density at radius 3 is 2.55 bits per heavy atom. The quantitative estimate of drug-likeness (QED) is 0.776. The lowest BCUT2D eigenvalue weighted by molar-refractivity contribution is -0.120. The third-order valence-electron chi connectivity index (χ3n) is 2.95. The Morgan fingerprint density at radius 1 is 1.10 bits per heavy atom. The molecule has 0 radical (unpaired) electrons. The van der Waals surface area contributed by atoms with Gasteiger partial charge in [0.15, 0.2) is 0 Å². The minimum atomic E-state index is -0.718. The van der Waals surface area contributed by atoms with Crippen molar-refractivity contribution in [3.05, 3.63) is 65.7 Å². The van der Waals surface area contributed by atoms with E-state index >= 15 is 0 Å². The van der Waals surface area contributed by atoms with E-state index in [9.17, 15) is 15.0 Å². The van der Waals surface area contributed by atoms with Gasteiger partial charge in [-0.3, -0.25) is 4.79 Å². The van der Waals surface area contributed by atoms with Gasteiger partial charge < -0.3 is 15.5 Å². The molecule has 2 rings (SSSR count). The smallest absolute Gasteiger partial charge is 0.224 e. The van der Waals surface area contributed by atoms with Gasteiger partial charge in [-0.05, 0) is 23.3 Å². The zero-order chi connectivity index (χ0) is 14.4. The van der Waals surface area contributed by atoms with E-state index < -0.39 is 6.10 Å². The van der Waals surface area contributed by atoms with Crippen LogP contribution in [0.2, 0.25) is 0 Å². The molecule has 2 aromatic carbocycles. The van der Waals surface area contributed by atoms with Crippen molar-refractivity contribution in [1.29, 1.82) is 0 Å². The summed E-state index contributed by atoms with van der Waals surface area (Å²) in [5.41, 5.74) is 1.50. The zero-order valence-electron chi connectivity index (χ0n) is 11.0. The molecule has 4 nitrogen and oxygen atoms in total. The molecule has 0 aliphatic carbocycles. The number of nitrogens with one attached hydrogen (secondary N) is 1. The minimum Gasteiger partial charge on any atom is -0.508 e. The van der Waals surface area contributed by atoms with Crippen molar-refractivity contribution >= 4 is 5.91 Å². The summed E-state index contributed by atoms with van der Waals surface area (Å²) in [4.78, 5) is 11.8. The largest absolute Gasteiger partial charge is 0.508 e. The van der Waals surface area contributed by atoms with Crippen molar-refractivity contribution in [3.63, 3.8) is 0 Å². The van der Waals surface area contributed by atoms with Crippen LogP contribution in [0.25, 0.3) is 0 Å². The zero-order valence-corrected chi connectivity index (χ0v) is 11.0. The van der Waals surface area contributed by atoms with E-state index in [2.05, 4.69) is 5.32 Å². The average Bonchev–Trinajstić information content (AvgIpc) is 2.46. The van der Waals surface area contributed by atoms with Gasteiger partial charge in [-0.25, -0.2) is 0 Å². The van der Waals surface area contributed by atoms with E-state index in [0.29, 0.717) is 0 Å². The molecule has 3 N–H and O–H groups in total. The summed E-state index contributed by atoms with van der Waals surface area (Å²) in [6, 6.07) is 15.7. The number of rotatable bonds is 5. The Kier molecular flexibility index (Phi) is 4.74. The molecule has 0 bridgehead atoms. The number of amides is 1. The maximum atomic E-state index is 11.8. The van der Waals surface area contributed by atoms with Crippen LogP contribution in [-0.4, -0.2) is 22.7 Å². The van der Waals surface area contributed by atoms with Crippen molar-refractivity contribution in [3.8, 4) is 5.75 Å². The van der Waals surface area contributed by atoms with Gasteiger partial charge in [0.1, 0.15) is 5.75 Å². The number of aliphatic hydroxyl groups excluding tert-OH is 1. The summed E-state index contributed by atoms with van der Waals surface area (Å²) in [7, 11) is 0. The Labute approximate surface area is 117 Å². The number of aromatic hydroxyl groups is 1. The Hall–Kier alpha value is -2.33. The lowest BCUT2D eigenvalue weighted by Gasteiger charge is -2.12. The highest BCUT2D eigenvalue weighted by Gasteiger charge is 2.09. The van der Waals surface area contributed by atoms with Crippen LogP contribution in [0.5, 0.6) is 5.75 Å². The van der Waals surface area contributed by atoms with Gasteiger partial charge in [-0.1, -0.05) is 42.5 Å². The van der Waals surface area contributed by atoms with Crippen molar-refractivity contribution in [2.24, 2.45) is 0 Å². The molecule has 0 fully saturated rings. The van der Waals surface area contributed by atoms with Gasteiger partial charge >= 0.3 is 0 Å². The van der Waals surface area contributed by atoms with Gasteiger partial charge in [0.2, 0.25) is 5.91 Å². The fourth-order valence-electron chi connectivity index (χ4n) is 1.92. The molecule has 0 saturated heterocycles. The van der Waals surface area contributed by atoms with E-state index in [1.165, 1.54) is 0 Å². The molecule has 4 heteroatoms. The first kappa shape index (κ1) is 14.1. The number of hydrogen-bond acceptors (Lipinski definition) is 3. The van der Waals surface area contributed by atoms with Crippen molar-refractivity contribution in [2.75, 3.05) is 6.54 Å². The predicted octanol–water partition coefficient (Wildman–Crippen LogP) is 1.78. The lowest BCUT2D eigenvalue weighted by Crippen LogP contribution is -2.29. The normalized spacial score (nSPS) is 11.8. The molecule has 0 aliphatic rings. The van der Waals surface area contributed by atoms with Gasteiger partial charge in [0.05, 0.1) is 12.5 Å². The first-order valence-electron chi connectivity index (χ1n) is 6.43. The van der Waals surface area contributed by atoms with E-state index in [4.69, 9.17) is 0 Å². The number of carbonyl (C=O) groups is 1. The molecular weight excluding hydrogens is 254 g/mol. The molecule has 0 heterocycles. The highest BCUT2D eigenvalue weighted by atomic mass is 16.3. The Bertz CT molecular complexity index is 569. The Morgan fingerprint density at radius 2 is 1.85 bits per heavy atom. The lowest BCUT2D eigenvalue weighted by atomic mass is 10.1. The number of phenolic OH excluding ortho intramolecular Hbond substituents is 1. The van der Waals surface area contributed by atoms with Crippen LogP contribution in [0, 0.1) is 0 Å². The first-order valence-corrected chi connectivity index (χ1v) is 6.43. The van der Waals surface area contributed by atoms with Crippen molar-refractivity contribution in [2.45, 2.75) is 12.5 Å². The maximum absolute atomic E-state index is 11.8.